The van der Waals surface area contributed by atoms with E-state index in [0.717, 1.165) is 0 Å². The van der Waals surface area contributed by atoms with Crippen molar-refractivity contribution in [2.45, 2.75) is 25.9 Å². The number of pyridine rings is 1. The number of carbonyl (C=O) groups excluding carboxylic acids is 1. The van der Waals surface area contributed by atoms with Gasteiger partial charge in [-0.15, -0.1) is 0 Å². The number of amides is 1. The number of aromatic nitrogens is 3. The molecule has 0 spiro atoms. The number of nitrogens with zero attached hydrogens (tertiary/aromatic N) is 6. The standard InChI is InChI=1S/C15H15ClI2N6O2/c1-6-4-22-8(5-23(6)17)14(25)21(3)11-9-12(22)20-15(26)24(18)13(9)19-7(2)10(11)16/h6,8H,4-5H2,1-3H3. The largest absolute Gasteiger partial charge is 0.360 e. The summed E-state index contributed by atoms with van der Waals surface area (Å²) in [6, 6.07) is -0.226. The number of fused-ring (bicyclic) bond motifs is 2. The Bertz CT molecular complexity index is 1010. The number of likely N-dealkylation sites (N-methyl/N-ethyl adjacent to an activating group) is 1. The first-order valence-electron chi connectivity index (χ1n) is 7.98. The van der Waals surface area contributed by atoms with E-state index in [1.807, 2.05) is 27.8 Å². The molecule has 2 aliphatic rings. The first-order valence-corrected chi connectivity index (χ1v) is 10.3. The van der Waals surface area contributed by atoms with Crippen LogP contribution >= 0.6 is 57.3 Å². The van der Waals surface area contributed by atoms with Crippen LogP contribution in [-0.2, 0) is 4.79 Å². The van der Waals surface area contributed by atoms with Crippen LogP contribution in [0.2, 0.25) is 5.02 Å². The van der Waals surface area contributed by atoms with Crippen molar-refractivity contribution in [2.24, 2.45) is 0 Å². The van der Waals surface area contributed by atoms with Crippen molar-refractivity contribution in [1.29, 1.82) is 0 Å². The van der Waals surface area contributed by atoms with Gasteiger partial charge in [-0.2, -0.15) is 4.98 Å². The highest BCUT2D eigenvalue weighted by Crippen LogP contribution is 2.43. The number of aryl methyl sites for hydroxylation is 1. The number of anilines is 2. The summed E-state index contributed by atoms with van der Waals surface area (Å²) in [5.74, 6) is 0.416. The van der Waals surface area contributed by atoms with Gasteiger partial charge in [0.1, 0.15) is 11.9 Å². The molecular formula is C15H15ClI2N6O2. The zero-order valence-electron chi connectivity index (χ0n) is 14.2. The number of piperazine rings is 1. The third-order valence-corrected chi connectivity index (χ3v) is 7.59. The maximum absolute atomic E-state index is 13.2. The number of carbonyl (C=O) groups is 1. The fourth-order valence-electron chi connectivity index (χ4n) is 3.53. The summed E-state index contributed by atoms with van der Waals surface area (Å²) in [6.45, 7) is 4.98. The van der Waals surface area contributed by atoms with Crippen LogP contribution in [0, 0.1) is 6.92 Å². The highest BCUT2D eigenvalue weighted by Gasteiger charge is 2.42. The van der Waals surface area contributed by atoms with E-state index in [4.69, 9.17) is 11.6 Å². The molecule has 4 heterocycles. The van der Waals surface area contributed by atoms with Gasteiger partial charge in [0.05, 0.1) is 44.7 Å². The van der Waals surface area contributed by atoms with Crippen LogP contribution < -0.4 is 15.5 Å². The van der Waals surface area contributed by atoms with Crippen molar-refractivity contribution in [2.75, 3.05) is 29.9 Å². The Labute approximate surface area is 182 Å². The van der Waals surface area contributed by atoms with Gasteiger partial charge in [-0.25, -0.2) is 15.7 Å². The molecule has 2 aliphatic heterocycles. The lowest BCUT2D eigenvalue weighted by Gasteiger charge is -2.42. The molecule has 11 heteroatoms. The average Bonchev–Trinajstić information content (AvgIpc) is 2.67. The zero-order chi connectivity index (χ0) is 18.9. The van der Waals surface area contributed by atoms with Crippen molar-refractivity contribution in [3.8, 4) is 0 Å². The van der Waals surface area contributed by atoms with Crippen molar-refractivity contribution < 1.29 is 4.79 Å². The van der Waals surface area contributed by atoms with E-state index in [0.29, 0.717) is 46.3 Å². The molecular weight excluding hydrogens is 585 g/mol. The Morgan fingerprint density at radius 1 is 1.19 bits per heavy atom. The Balaban J connectivity index is 2.14. The lowest BCUT2D eigenvalue weighted by molar-refractivity contribution is -0.120. The Kier molecular flexibility index (Phi) is 4.59. The van der Waals surface area contributed by atoms with Gasteiger partial charge in [0, 0.05) is 49.0 Å². The van der Waals surface area contributed by atoms with E-state index in [1.165, 1.54) is 2.78 Å². The maximum Gasteiger partial charge on any atom is 0.360 e. The lowest BCUT2D eigenvalue weighted by Crippen LogP contribution is -2.59. The number of rotatable bonds is 0. The molecule has 1 fully saturated rings. The summed E-state index contributed by atoms with van der Waals surface area (Å²) in [6.07, 6.45) is 0. The van der Waals surface area contributed by atoms with Crippen molar-refractivity contribution in [3.63, 3.8) is 0 Å². The second-order valence-corrected chi connectivity index (χ2v) is 9.14. The van der Waals surface area contributed by atoms with E-state index in [9.17, 15) is 9.59 Å². The molecule has 2 atom stereocenters. The molecule has 1 amide bonds. The minimum Gasteiger partial charge on any atom is -0.341 e. The van der Waals surface area contributed by atoms with Crippen LogP contribution in [0.25, 0.3) is 11.0 Å². The maximum atomic E-state index is 13.2. The van der Waals surface area contributed by atoms with Crippen molar-refractivity contribution in [1.82, 2.24) is 15.9 Å². The van der Waals surface area contributed by atoms with Gasteiger partial charge < -0.3 is 9.80 Å². The van der Waals surface area contributed by atoms with Gasteiger partial charge >= 0.3 is 5.69 Å². The zero-order valence-corrected chi connectivity index (χ0v) is 19.3. The highest BCUT2D eigenvalue weighted by molar-refractivity contribution is 14.1. The molecule has 4 rings (SSSR count). The molecule has 26 heavy (non-hydrogen) atoms. The molecule has 2 aromatic rings. The Morgan fingerprint density at radius 2 is 1.88 bits per heavy atom. The van der Waals surface area contributed by atoms with Gasteiger partial charge in [-0.3, -0.25) is 4.79 Å². The van der Waals surface area contributed by atoms with Gasteiger partial charge in [0.15, 0.2) is 5.65 Å². The number of hydrogen-bond donors (Lipinski definition) is 0. The quantitative estimate of drug-likeness (QED) is 0.341. The summed E-state index contributed by atoms with van der Waals surface area (Å²) in [5.41, 5.74) is 1.20. The molecule has 138 valence electrons. The summed E-state index contributed by atoms with van der Waals surface area (Å²) >= 11 is 10.7. The molecule has 0 saturated carbocycles. The van der Waals surface area contributed by atoms with Gasteiger partial charge in [0.2, 0.25) is 0 Å². The molecule has 2 unspecified atom stereocenters. The number of halogens is 3. The van der Waals surface area contributed by atoms with Gasteiger partial charge in [-0.05, 0) is 13.8 Å². The van der Waals surface area contributed by atoms with E-state index >= 15 is 0 Å². The average molecular weight is 601 g/mol. The summed E-state index contributed by atoms with van der Waals surface area (Å²) < 4.78 is 3.49. The fraction of sp³-hybridized carbons (Fsp3) is 0.467. The Morgan fingerprint density at radius 3 is 2.58 bits per heavy atom. The van der Waals surface area contributed by atoms with E-state index < -0.39 is 11.7 Å². The molecule has 0 radical (unpaired) electrons. The first kappa shape index (κ1) is 18.6. The molecule has 0 aromatic carbocycles. The fourth-order valence-corrected chi connectivity index (χ4v) is 4.80. The molecule has 0 aliphatic carbocycles. The summed E-state index contributed by atoms with van der Waals surface area (Å²) in [7, 11) is 1.72. The Hall–Kier alpha value is -0.730. The minimum atomic E-state index is -0.433. The third kappa shape index (κ3) is 2.55. The predicted molar refractivity (Wildman–Crippen MR) is 118 cm³/mol. The van der Waals surface area contributed by atoms with Crippen molar-refractivity contribution >= 4 is 85.8 Å². The highest BCUT2D eigenvalue weighted by atomic mass is 127. The third-order valence-electron chi connectivity index (χ3n) is 4.92. The molecule has 1 saturated heterocycles. The molecule has 0 N–H and O–H groups in total. The van der Waals surface area contributed by atoms with Crippen LogP contribution in [0.5, 0.6) is 0 Å². The normalized spacial score (nSPS) is 23.4. The van der Waals surface area contributed by atoms with Crippen LogP contribution in [0.1, 0.15) is 12.6 Å². The van der Waals surface area contributed by atoms with E-state index in [2.05, 4.69) is 42.9 Å². The molecule has 0 bridgehead atoms. The predicted octanol–water partition coefficient (Wildman–Crippen LogP) is 2.16. The van der Waals surface area contributed by atoms with Crippen LogP contribution in [-0.4, -0.2) is 54.0 Å². The van der Waals surface area contributed by atoms with Gasteiger partial charge in [0.25, 0.3) is 5.91 Å². The second-order valence-electron chi connectivity index (χ2n) is 6.55. The SMILES string of the molecule is Cc1nc2c3c(nc(=O)n2I)N2CC(C)N(I)CC2C(=O)N(C)c3c1Cl. The van der Waals surface area contributed by atoms with Crippen LogP contribution in [0.15, 0.2) is 4.79 Å². The summed E-state index contributed by atoms with van der Waals surface area (Å²) in [5, 5.41) is 1.05. The van der Waals surface area contributed by atoms with Crippen LogP contribution in [0.4, 0.5) is 11.5 Å². The lowest BCUT2D eigenvalue weighted by atomic mass is 10.1. The van der Waals surface area contributed by atoms with E-state index in [1.54, 1.807) is 18.9 Å². The topological polar surface area (TPSA) is 74.6 Å². The van der Waals surface area contributed by atoms with Crippen LogP contribution in [0.3, 0.4) is 0 Å². The van der Waals surface area contributed by atoms with Crippen molar-refractivity contribution in [3.05, 3.63) is 21.2 Å². The minimum absolute atomic E-state index is 0.0715. The van der Waals surface area contributed by atoms with E-state index in [-0.39, 0.29) is 11.9 Å². The first-order chi connectivity index (χ1) is 12.2. The van der Waals surface area contributed by atoms with Gasteiger partial charge in [-0.1, -0.05) is 11.6 Å². The molecule has 2 aromatic heterocycles. The second kappa shape index (κ2) is 6.41. The monoisotopic (exact) mass is 600 g/mol. The number of hydrogen-bond acceptors (Lipinski definition) is 6. The molecule has 8 nitrogen and oxygen atoms in total. The smallest absolute Gasteiger partial charge is 0.341 e. The summed E-state index contributed by atoms with van der Waals surface area (Å²) in [4.78, 5) is 38.0.